The summed E-state index contributed by atoms with van der Waals surface area (Å²) in [6.45, 7) is 4.02. The minimum Gasteiger partial charge on any atom is -0.441 e. The van der Waals surface area contributed by atoms with E-state index in [9.17, 15) is 4.79 Å². The number of nitrogens with one attached hydrogen (secondary N) is 1. The zero-order valence-corrected chi connectivity index (χ0v) is 14.3. The Morgan fingerprint density at radius 1 is 1.08 bits per heavy atom. The van der Waals surface area contributed by atoms with Crippen LogP contribution in [0.3, 0.4) is 0 Å². The Balaban J connectivity index is 1.47. The van der Waals surface area contributed by atoms with Crippen molar-refractivity contribution in [3.05, 3.63) is 53.9 Å². The number of benzene rings is 2. The van der Waals surface area contributed by atoms with E-state index in [2.05, 4.69) is 27.3 Å². The molecular formula is C20H21N3O2. The van der Waals surface area contributed by atoms with Crippen molar-refractivity contribution in [3.63, 3.8) is 0 Å². The number of carbonyl (C=O) groups excluding carboxylic acids is 1. The van der Waals surface area contributed by atoms with Crippen molar-refractivity contribution in [1.29, 1.82) is 0 Å². The average molecular weight is 335 g/mol. The van der Waals surface area contributed by atoms with Crippen LogP contribution in [0.1, 0.15) is 35.5 Å². The fourth-order valence-corrected chi connectivity index (χ4v) is 3.29. The normalized spacial score (nSPS) is 14.7. The van der Waals surface area contributed by atoms with Crippen molar-refractivity contribution in [3.8, 4) is 0 Å². The summed E-state index contributed by atoms with van der Waals surface area (Å²) >= 11 is 0. The molecule has 0 spiro atoms. The van der Waals surface area contributed by atoms with Gasteiger partial charge < -0.3 is 14.6 Å². The zero-order valence-electron chi connectivity index (χ0n) is 14.3. The molecule has 1 aliphatic rings. The van der Waals surface area contributed by atoms with Gasteiger partial charge in [-0.25, -0.2) is 4.98 Å². The fraction of sp³-hybridized carbons (Fsp3) is 0.300. The molecular weight excluding hydrogens is 314 g/mol. The lowest BCUT2D eigenvalue weighted by atomic mass is 10.1. The number of hydrogen-bond donors (Lipinski definition) is 1. The van der Waals surface area contributed by atoms with Crippen LogP contribution in [0.25, 0.3) is 11.1 Å². The average Bonchev–Trinajstić information content (AvgIpc) is 3.02. The standard InChI is InChI=1S/C20H21N3O2/c1-14-21-18-13-15(5-10-19(18)25-14)20(24)22-16-6-8-17(9-7-16)23-11-3-2-4-12-23/h5-10,13H,2-4,11-12H2,1H3,(H,22,24). The van der Waals surface area contributed by atoms with Crippen LogP contribution in [0, 0.1) is 6.92 Å². The Labute approximate surface area is 146 Å². The third kappa shape index (κ3) is 3.36. The smallest absolute Gasteiger partial charge is 0.255 e. The van der Waals surface area contributed by atoms with E-state index in [-0.39, 0.29) is 5.91 Å². The van der Waals surface area contributed by atoms with Crippen LogP contribution in [0.4, 0.5) is 11.4 Å². The Bertz CT molecular complexity index is 893. The van der Waals surface area contributed by atoms with Gasteiger partial charge in [-0.1, -0.05) is 0 Å². The highest BCUT2D eigenvalue weighted by molar-refractivity contribution is 6.05. The molecule has 2 heterocycles. The number of aromatic nitrogens is 1. The maximum absolute atomic E-state index is 12.5. The molecule has 3 aromatic rings. The van der Waals surface area contributed by atoms with Gasteiger partial charge in [-0.15, -0.1) is 0 Å². The molecule has 1 N–H and O–H groups in total. The van der Waals surface area contributed by atoms with Crippen LogP contribution in [-0.4, -0.2) is 24.0 Å². The van der Waals surface area contributed by atoms with Crippen molar-refractivity contribution in [2.24, 2.45) is 0 Å². The molecule has 0 radical (unpaired) electrons. The first kappa shape index (κ1) is 15.7. The van der Waals surface area contributed by atoms with Crippen LogP contribution >= 0.6 is 0 Å². The van der Waals surface area contributed by atoms with E-state index in [1.54, 1.807) is 25.1 Å². The van der Waals surface area contributed by atoms with Gasteiger partial charge in [0, 0.05) is 37.0 Å². The van der Waals surface area contributed by atoms with Gasteiger partial charge >= 0.3 is 0 Å². The van der Waals surface area contributed by atoms with Crippen molar-refractivity contribution < 1.29 is 9.21 Å². The highest BCUT2D eigenvalue weighted by Crippen LogP contribution is 2.22. The summed E-state index contributed by atoms with van der Waals surface area (Å²) in [6, 6.07) is 13.4. The lowest BCUT2D eigenvalue weighted by Gasteiger charge is -2.28. The summed E-state index contributed by atoms with van der Waals surface area (Å²) in [5.74, 6) is 0.453. The highest BCUT2D eigenvalue weighted by Gasteiger charge is 2.12. The summed E-state index contributed by atoms with van der Waals surface area (Å²) in [5, 5.41) is 2.94. The highest BCUT2D eigenvalue weighted by atomic mass is 16.3. The molecule has 0 atom stereocenters. The van der Waals surface area contributed by atoms with Gasteiger partial charge in [0.05, 0.1) is 0 Å². The second-order valence-electron chi connectivity index (χ2n) is 6.46. The van der Waals surface area contributed by atoms with Crippen LogP contribution < -0.4 is 10.2 Å². The number of hydrogen-bond acceptors (Lipinski definition) is 4. The van der Waals surface area contributed by atoms with Gasteiger partial charge in [-0.05, 0) is 61.7 Å². The Morgan fingerprint density at radius 2 is 1.84 bits per heavy atom. The summed E-state index contributed by atoms with van der Waals surface area (Å²) in [4.78, 5) is 19.1. The summed E-state index contributed by atoms with van der Waals surface area (Å²) in [7, 11) is 0. The van der Waals surface area contributed by atoms with E-state index >= 15 is 0 Å². The number of nitrogens with zero attached hydrogens (tertiary/aromatic N) is 2. The minimum atomic E-state index is -0.145. The van der Waals surface area contributed by atoms with E-state index in [0.29, 0.717) is 22.6 Å². The monoisotopic (exact) mass is 335 g/mol. The molecule has 0 aliphatic carbocycles. The SMILES string of the molecule is Cc1nc2cc(C(=O)Nc3ccc(N4CCCCC4)cc3)ccc2o1. The molecule has 2 aromatic carbocycles. The number of carbonyl (C=O) groups is 1. The molecule has 5 heteroatoms. The molecule has 1 amide bonds. The van der Waals surface area contributed by atoms with Crippen molar-refractivity contribution >= 4 is 28.4 Å². The Hall–Kier alpha value is -2.82. The van der Waals surface area contributed by atoms with Gasteiger partial charge in [0.15, 0.2) is 11.5 Å². The molecule has 0 bridgehead atoms. The van der Waals surface area contributed by atoms with Crippen LogP contribution in [0.15, 0.2) is 46.9 Å². The first-order valence-corrected chi connectivity index (χ1v) is 8.73. The van der Waals surface area contributed by atoms with Gasteiger partial charge in [0.25, 0.3) is 5.91 Å². The fourth-order valence-electron chi connectivity index (χ4n) is 3.29. The van der Waals surface area contributed by atoms with Gasteiger partial charge in [-0.2, -0.15) is 0 Å². The third-order valence-electron chi connectivity index (χ3n) is 4.60. The predicted molar refractivity (Wildman–Crippen MR) is 99.2 cm³/mol. The predicted octanol–water partition coefficient (Wildman–Crippen LogP) is 4.38. The summed E-state index contributed by atoms with van der Waals surface area (Å²) in [6.07, 6.45) is 3.82. The maximum Gasteiger partial charge on any atom is 0.255 e. The maximum atomic E-state index is 12.5. The van der Waals surface area contributed by atoms with Crippen molar-refractivity contribution in [2.45, 2.75) is 26.2 Å². The summed E-state index contributed by atoms with van der Waals surface area (Å²) < 4.78 is 5.44. The first-order chi connectivity index (χ1) is 12.2. The van der Waals surface area contributed by atoms with Gasteiger partial charge in [0.2, 0.25) is 0 Å². The van der Waals surface area contributed by atoms with E-state index < -0.39 is 0 Å². The molecule has 128 valence electrons. The number of aryl methyl sites for hydroxylation is 1. The number of amides is 1. The van der Waals surface area contributed by atoms with Crippen LogP contribution in [0.5, 0.6) is 0 Å². The molecule has 0 unspecified atom stereocenters. The Morgan fingerprint density at radius 3 is 2.60 bits per heavy atom. The lowest BCUT2D eigenvalue weighted by Crippen LogP contribution is -2.29. The van der Waals surface area contributed by atoms with E-state index in [1.165, 1.54) is 24.9 Å². The number of oxazole rings is 1. The lowest BCUT2D eigenvalue weighted by molar-refractivity contribution is 0.102. The van der Waals surface area contributed by atoms with Crippen LogP contribution in [-0.2, 0) is 0 Å². The molecule has 1 saturated heterocycles. The second kappa shape index (κ2) is 6.59. The van der Waals surface area contributed by atoms with E-state index in [0.717, 1.165) is 18.8 Å². The zero-order chi connectivity index (χ0) is 17.2. The summed E-state index contributed by atoms with van der Waals surface area (Å²) in [5.41, 5.74) is 3.98. The molecule has 0 saturated carbocycles. The largest absolute Gasteiger partial charge is 0.441 e. The molecule has 1 aromatic heterocycles. The van der Waals surface area contributed by atoms with Crippen molar-refractivity contribution in [1.82, 2.24) is 4.98 Å². The quantitative estimate of drug-likeness (QED) is 0.772. The number of rotatable bonds is 3. The van der Waals surface area contributed by atoms with Crippen molar-refractivity contribution in [2.75, 3.05) is 23.3 Å². The number of fused-ring (bicyclic) bond motifs is 1. The van der Waals surface area contributed by atoms with E-state index in [1.807, 2.05) is 12.1 Å². The molecule has 5 nitrogen and oxygen atoms in total. The molecule has 1 aliphatic heterocycles. The Kier molecular flexibility index (Phi) is 4.14. The van der Waals surface area contributed by atoms with Crippen LogP contribution in [0.2, 0.25) is 0 Å². The van der Waals surface area contributed by atoms with Gasteiger partial charge in [0.1, 0.15) is 5.52 Å². The topological polar surface area (TPSA) is 58.4 Å². The first-order valence-electron chi connectivity index (χ1n) is 8.73. The molecule has 25 heavy (non-hydrogen) atoms. The van der Waals surface area contributed by atoms with Gasteiger partial charge in [-0.3, -0.25) is 4.79 Å². The second-order valence-corrected chi connectivity index (χ2v) is 6.46. The molecule has 1 fully saturated rings. The number of piperidine rings is 1. The van der Waals surface area contributed by atoms with E-state index in [4.69, 9.17) is 4.42 Å². The minimum absolute atomic E-state index is 0.145. The molecule has 4 rings (SSSR count). The third-order valence-corrected chi connectivity index (χ3v) is 4.60. The number of anilines is 2.